The summed E-state index contributed by atoms with van der Waals surface area (Å²) in [4.78, 5) is 14.5. The van der Waals surface area contributed by atoms with E-state index in [0.717, 1.165) is 32.6 Å². The highest BCUT2D eigenvalue weighted by Gasteiger charge is 2.38. The number of nitrogens with zero attached hydrogens (tertiary/aromatic N) is 1. The van der Waals surface area contributed by atoms with Gasteiger partial charge in [-0.25, -0.2) is 0 Å². The Morgan fingerprint density at radius 3 is 2.65 bits per heavy atom. The van der Waals surface area contributed by atoms with Crippen molar-refractivity contribution in [2.24, 2.45) is 5.41 Å². The van der Waals surface area contributed by atoms with E-state index >= 15 is 0 Å². The Balaban J connectivity index is 1.73. The van der Waals surface area contributed by atoms with Crippen LogP contribution in [0.5, 0.6) is 5.75 Å². The molecule has 1 spiro atoms. The maximum atomic E-state index is 12.6. The molecule has 1 aromatic rings. The van der Waals surface area contributed by atoms with Crippen molar-refractivity contribution in [3.8, 4) is 5.75 Å². The molecule has 0 aliphatic carbocycles. The van der Waals surface area contributed by atoms with Crippen LogP contribution in [-0.4, -0.2) is 42.1 Å². The van der Waals surface area contributed by atoms with Crippen LogP contribution in [0.1, 0.15) is 36.0 Å². The van der Waals surface area contributed by atoms with Gasteiger partial charge in [-0.15, -0.1) is 0 Å². The van der Waals surface area contributed by atoms with Crippen LogP contribution in [0.4, 0.5) is 0 Å². The van der Waals surface area contributed by atoms with Crippen LogP contribution in [0, 0.1) is 5.41 Å². The van der Waals surface area contributed by atoms with E-state index in [9.17, 15) is 9.90 Å². The van der Waals surface area contributed by atoms with Crippen LogP contribution < -0.4 is 5.32 Å². The summed E-state index contributed by atoms with van der Waals surface area (Å²) in [5, 5.41) is 12.8. The van der Waals surface area contributed by atoms with Crippen molar-refractivity contribution in [1.82, 2.24) is 10.2 Å². The maximum absolute atomic E-state index is 12.6. The van der Waals surface area contributed by atoms with Gasteiger partial charge in [-0.1, -0.05) is 0 Å². The Morgan fingerprint density at radius 1 is 1.20 bits per heavy atom. The number of nitrogens with one attached hydrogen (secondary N) is 1. The minimum Gasteiger partial charge on any atom is -0.508 e. The zero-order valence-corrected chi connectivity index (χ0v) is 11.8. The van der Waals surface area contributed by atoms with Gasteiger partial charge < -0.3 is 15.3 Å². The smallest absolute Gasteiger partial charge is 0.253 e. The van der Waals surface area contributed by atoms with Gasteiger partial charge in [-0.3, -0.25) is 4.79 Å². The van der Waals surface area contributed by atoms with E-state index in [1.165, 1.54) is 19.3 Å². The van der Waals surface area contributed by atoms with Crippen LogP contribution in [0.15, 0.2) is 24.3 Å². The van der Waals surface area contributed by atoms with E-state index in [1.54, 1.807) is 24.3 Å². The minimum atomic E-state index is 0.0923. The number of benzene rings is 1. The summed E-state index contributed by atoms with van der Waals surface area (Å²) in [5.41, 5.74) is 0.951. The molecule has 2 saturated heterocycles. The van der Waals surface area contributed by atoms with Crippen molar-refractivity contribution >= 4 is 5.91 Å². The summed E-state index contributed by atoms with van der Waals surface area (Å²) in [6, 6.07) is 6.57. The number of carbonyl (C=O) groups excluding carboxylic acids is 1. The van der Waals surface area contributed by atoms with E-state index in [4.69, 9.17) is 0 Å². The van der Waals surface area contributed by atoms with Gasteiger partial charge in [-0.05, 0) is 56.5 Å². The summed E-state index contributed by atoms with van der Waals surface area (Å²) in [5.74, 6) is 0.294. The highest BCUT2D eigenvalue weighted by molar-refractivity contribution is 5.94. The Bertz CT molecular complexity index is 472. The molecule has 2 N–H and O–H groups in total. The van der Waals surface area contributed by atoms with Gasteiger partial charge in [0.15, 0.2) is 0 Å². The summed E-state index contributed by atoms with van der Waals surface area (Å²) >= 11 is 0. The van der Waals surface area contributed by atoms with E-state index < -0.39 is 0 Å². The van der Waals surface area contributed by atoms with Crippen molar-refractivity contribution in [2.75, 3.05) is 26.2 Å². The minimum absolute atomic E-state index is 0.0923. The number of aromatic hydroxyl groups is 1. The molecule has 1 atom stereocenters. The monoisotopic (exact) mass is 274 g/mol. The summed E-state index contributed by atoms with van der Waals surface area (Å²) in [6.45, 7) is 3.85. The Morgan fingerprint density at radius 2 is 1.95 bits per heavy atom. The normalized spacial score (nSPS) is 26.7. The predicted octanol–water partition coefficient (Wildman–Crippen LogP) is 2.00. The van der Waals surface area contributed by atoms with Crippen molar-refractivity contribution in [3.05, 3.63) is 29.8 Å². The fourth-order valence-corrected chi connectivity index (χ4v) is 3.55. The lowest BCUT2D eigenvalue weighted by Crippen LogP contribution is -2.52. The van der Waals surface area contributed by atoms with E-state index in [1.807, 2.05) is 4.90 Å². The topological polar surface area (TPSA) is 52.6 Å². The van der Waals surface area contributed by atoms with Gasteiger partial charge in [0.25, 0.3) is 5.91 Å². The third-order valence-electron chi connectivity index (χ3n) is 4.62. The van der Waals surface area contributed by atoms with Crippen molar-refractivity contribution < 1.29 is 9.90 Å². The van der Waals surface area contributed by atoms with Gasteiger partial charge in [0.1, 0.15) is 5.75 Å². The number of carbonyl (C=O) groups is 1. The predicted molar refractivity (Wildman–Crippen MR) is 77.8 cm³/mol. The molecule has 1 aromatic carbocycles. The number of hydrogen-bond acceptors (Lipinski definition) is 3. The molecular weight excluding hydrogens is 252 g/mol. The molecule has 3 rings (SSSR count). The quantitative estimate of drug-likeness (QED) is 0.823. The summed E-state index contributed by atoms with van der Waals surface area (Å²) in [6.07, 6.45) is 4.74. The first-order valence-electron chi connectivity index (χ1n) is 7.48. The molecule has 108 valence electrons. The van der Waals surface area contributed by atoms with Crippen molar-refractivity contribution in [1.29, 1.82) is 0 Å². The second-order valence-corrected chi connectivity index (χ2v) is 6.16. The summed E-state index contributed by atoms with van der Waals surface area (Å²) in [7, 11) is 0. The number of phenolic OH excluding ortho intramolecular Hbond substituents is 1. The Kier molecular flexibility index (Phi) is 3.66. The van der Waals surface area contributed by atoms with Crippen LogP contribution in [-0.2, 0) is 0 Å². The van der Waals surface area contributed by atoms with E-state index in [-0.39, 0.29) is 17.1 Å². The van der Waals surface area contributed by atoms with Gasteiger partial charge in [0, 0.05) is 30.6 Å². The first kappa shape index (κ1) is 13.4. The third-order valence-corrected chi connectivity index (χ3v) is 4.62. The number of rotatable bonds is 1. The molecule has 0 radical (unpaired) electrons. The summed E-state index contributed by atoms with van der Waals surface area (Å²) < 4.78 is 0. The van der Waals surface area contributed by atoms with Gasteiger partial charge in [0.05, 0.1) is 0 Å². The second kappa shape index (κ2) is 5.44. The largest absolute Gasteiger partial charge is 0.508 e. The average Bonchev–Trinajstić information content (AvgIpc) is 2.48. The molecule has 2 aliphatic rings. The van der Waals surface area contributed by atoms with E-state index in [0.29, 0.717) is 5.56 Å². The van der Waals surface area contributed by atoms with E-state index in [2.05, 4.69) is 5.32 Å². The molecular formula is C16H22N2O2. The number of likely N-dealkylation sites (tertiary alicyclic amines) is 1. The van der Waals surface area contributed by atoms with Crippen LogP contribution >= 0.6 is 0 Å². The first-order chi connectivity index (χ1) is 9.69. The van der Waals surface area contributed by atoms with Crippen LogP contribution in [0.25, 0.3) is 0 Å². The molecule has 1 amide bonds. The van der Waals surface area contributed by atoms with Crippen molar-refractivity contribution in [2.45, 2.75) is 25.7 Å². The fraction of sp³-hybridized carbons (Fsp3) is 0.562. The standard InChI is InChI=1S/C16H22N2O2/c19-14-5-3-13(4-6-14)15(20)18-10-2-8-16(12-18)7-1-9-17-11-16/h3-6,17,19H,1-2,7-12H2. The van der Waals surface area contributed by atoms with Gasteiger partial charge >= 0.3 is 0 Å². The molecule has 1 unspecified atom stereocenters. The number of hydrogen-bond donors (Lipinski definition) is 2. The third kappa shape index (κ3) is 2.66. The van der Waals surface area contributed by atoms with Crippen molar-refractivity contribution in [3.63, 3.8) is 0 Å². The number of piperidine rings is 2. The lowest BCUT2D eigenvalue weighted by molar-refractivity contribution is 0.0434. The SMILES string of the molecule is O=C(c1ccc(O)cc1)N1CCCC2(CCCNC2)C1. The zero-order valence-electron chi connectivity index (χ0n) is 11.8. The number of amides is 1. The molecule has 2 aliphatic heterocycles. The van der Waals surface area contributed by atoms with Gasteiger partial charge in [-0.2, -0.15) is 0 Å². The molecule has 20 heavy (non-hydrogen) atoms. The molecule has 2 fully saturated rings. The molecule has 2 heterocycles. The second-order valence-electron chi connectivity index (χ2n) is 6.16. The molecule has 4 nitrogen and oxygen atoms in total. The fourth-order valence-electron chi connectivity index (χ4n) is 3.55. The number of phenols is 1. The highest BCUT2D eigenvalue weighted by atomic mass is 16.3. The van der Waals surface area contributed by atoms with Crippen LogP contribution in [0.3, 0.4) is 0 Å². The zero-order chi connectivity index (χ0) is 14.0. The average molecular weight is 274 g/mol. The maximum Gasteiger partial charge on any atom is 0.253 e. The molecule has 0 bridgehead atoms. The first-order valence-corrected chi connectivity index (χ1v) is 7.48. The lowest BCUT2D eigenvalue weighted by atomic mass is 9.74. The lowest BCUT2D eigenvalue weighted by Gasteiger charge is -2.45. The molecule has 0 saturated carbocycles. The molecule has 4 heteroatoms. The highest BCUT2D eigenvalue weighted by Crippen LogP contribution is 2.36. The Labute approximate surface area is 119 Å². The van der Waals surface area contributed by atoms with Gasteiger partial charge in [0.2, 0.25) is 0 Å². The molecule has 0 aromatic heterocycles. The Hall–Kier alpha value is -1.55. The van der Waals surface area contributed by atoms with Crippen LogP contribution in [0.2, 0.25) is 0 Å².